The Morgan fingerprint density at radius 2 is 1.12 bits per heavy atom. The zero-order chi connectivity index (χ0) is 73.9. The van der Waals surface area contributed by atoms with Gasteiger partial charge >= 0.3 is 11.9 Å². The van der Waals surface area contributed by atoms with Crippen LogP contribution in [-0.2, 0) is 76.3 Å². The van der Waals surface area contributed by atoms with Crippen LogP contribution >= 0.6 is 0 Å². The van der Waals surface area contributed by atoms with Gasteiger partial charge < -0.3 is 44.1 Å². The van der Waals surface area contributed by atoms with Crippen LogP contribution in [0.25, 0.3) is 21.8 Å². The van der Waals surface area contributed by atoms with Crippen molar-refractivity contribution in [3.63, 3.8) is 0 Å². The lowest BCUT2D eigenvalue weighted by molar-refractivity contribution is -0.150. The van der Waals surface area contributed by atoms with Gasteiger partial charge in [0.15, 0.2) is 23.1 Å². The van der Waals surface area contributed by atoms with Gasteiger partial charge in [0.25, 0.3) is 0 Å². The smallest absolute Gasteiger partial charge is 0.312 e. The Labute approximate surface area is 598 Å². The number of nitrogens with zero attached hydrogens (tertiary/aromatic N) is 5. The van der Waals surface area contributed by atoms with Gasteiger partial charge in [0, 0.05) is 67.0 Å². The number of pyridine rings is 3. The van der Waals surface area contributed by atoms with Crippen molar-refractivity contribution >= 4 is 69.0 Å². The monoisotopic (exact) mass is 1420 g/mol. The van der Waals surface area contributed by atoms with Crippen molar-refractivity contribution in [2.75, 3.05) is 64.7 Å². The van der Waals surface area contributed by atoms with Gasteiger partial charge in [-0.15, -0.1) is 0 Å². The number of hydroxylamine groups is 3. The SMILES string of the molecule is CNc1cc(COc2ccc(C[C@]3(C(=O)OC)C[C@@H]3C(=O)NO)cc2F)c2ccccc2n1.COC(=O)[C@@]1(Cc2ccc(OCc3ccnc(N4CCN(C)CC4)c3)c(F)c2)C[C@@H]1C(=O)NO.Cc1cc(COc2cccc([C@@]3(C(=O)N[C@@H](C)c4ccccc4)C[C@H]3C(=O)NO)c2)c2ccccc2n1. The Morgan fingerprint density at radius 3 is 1.68 bits per heavy atom. The van der Waals surface area contributed by atoms with E-state index in [1.54, 1.807) is 41.8 Å². The van der Waals surface area contributed by atoms with Gasteiger partial charge in [-0.25, -0.2) is 35.2 Å². The molecule has 0 spiro atoms. The summed E-state index contributed by atoms with van der Waals surface area (Å²) in [7, 11) is 6.34. The van der Waals surface area contributed by atoms with E-state index in [2.05, 4.69) is 42.4 Å². The molecule has 9 aromatic rings. The van der Waals surface area contributed by atoms with Crippen molar-refractivity contribution in [1.29, 1.82) is 0 Å². The van der Waals surface area contributed by atoms with Crippen molar-refractivity contribution in [3.8, 4) is 17.2 Å². The summed E-state index contributed by atoms with van der Waals surface area (Å²) < 4.78 is 56.9. The molecule has 0 bridgehead atoms. The number of carbonyl (C=O) groups is 6. The van der Waals surface area contributed by atoms with Crippen LogP contribution in [0, 0.1) is 47.1 Å². The molecule has 3 aliphatic carbocycles. The zero-order valence-corrected chi connectivity index (χ0v) is 58.3. The molecule has 0 radical (unpaired) electrons. The highest BCUT2D eigenvalue weighted by molar-refractivity contribution is 6.01. The number of nitrogens with one attached hydrogen (secondary N) is 5. The van der Waals surface area contributed by atoms with Crippen LogP contribution in [0.2, 0.25) is 0 Å². The summed E-state index contributed by atoms with van der Waals surface area (Å²) in [5.74, 6) is -4.23. The van der Waals surface area contributed by atoms with Crippen molar-refractivity contribution in [3.05, 3.63) is 226 Å². The fraction of sp³-hybridized carbons (Fsp3) is 0.321. The molecule has 4 fully saturated rings. The molecule has 4 aliphatic rings. The molecule has 3 aromatic heterocycles. The summed E-state index contributed by atoms with van der Waals surface area (Å²) in [5.41, 5.74) is 9.62. The summed E-state index contributed by atoms with van der Waals surface area (Å²) in [5, 5.41) is 35.1. The Bertz CT molecular complexity index is 4650. The first-order valence-corrected chi connectivity index (χ1v) is 33.9. The molecule has 4 amide bonds. The quantitative estimate of drug-likeness (QED) is 0.0158. The van der Waals surface area contributed by atoms with Crippen LogP contribution in [-0.4, -0.2) is 126 Å². The molecule has 0 unspecified atom stereocenters. The van der Waals surface area contributed by atoms with E-state index in [4.69, 9.17) is 34.1 Å². The fourth-order valence-electron chi connectivity index (χ4n) is 13.7. The molecule has 4 heterocycles. The van der Waals surface area contributed by atoms with E-state index >= 15 is 0 Å². The van der Waals surface area contributed by atoms with Crippen LogP contribution in [0.3, 0.4) is 0 Å². The summed E-state index contributed by atoms with van der Waals surface area (Å²) in [6, 6.07) is 48.8. The average Bonchev–Trinajstić information content (AvgIpc) is 1.65. The molecule has 7 atom stereocenters. The van der Waals surface area contributed by atoms with E-state index in [1.807, 2.05) is 141 Å². The number of rotatable bonds is 24. The molecule has 26 heteroatoms. The minimum atomic E-state index is -1.12. The zero-order valence-electron chi connectivity index (χ0n) is 58.3. The minimum Gasteiger partial charge on any atom is -0.489 e. The number of hydrogen-bond acceptors (Lipinski definition) is 20. The summed E-state index contributed by atoms with van der Waals surface area (Å²) in [6.07, 6.45) is 2.69. The molecular formula is C78H82F2N10O14. The topological polar surface area (TPSA) is 315 Å². The molecule has 104 heavy (non-hydrogen) atoms. The first-order valence-electron chi connectivity index (χ1n) is 33.9. The number of anilines is 2. The van der Waals surface area contributed by atoms with Crippen molar-refractivity contribution in [2.45, 2.75) is 77.2 Å². The third-order valence-electron chi connectivity index (χ3n) is 19.8. The van der Waals surface area contributed by atoms with E-state index in [0.29, 0.717) is 41.3 Å². The second-order valence-electron chi connectivity index (χ2n) is 26.5. The predicted molar refractivity (Wildman–Crippen MR) is 379 cm³/mol. The number of esters is 2. The molecule has 542 valence electrons. The third-order valence-corrected chi connectivity index (χ3v) is 19.8. The number of para-hydroxylation sites is 2. The van der Waals surface area contributed by atoms with Gasteiger partial charge in [-0.2, -0.15) is 0 Å². The van der Waals surface area contributed by atoms with E-state index in [9.17, 15) is 42.8 Å². The first-order chi connectivity index (χ1) is 50.2. The molecule has 1 saturated heterocycles. The number of amides is 4. The van der Waals surface area contributed by atoms with Crippen LogP contribution < -0.4 is 46.2 Å². The van der Waals surface area contributed by atoms with E-state index in [-0.39, 0.29) is 62.3 Å². The number of likely N-dealkylation sites (N-methyl/N-ethyl adjacent to an activating group) is 1. The summed E-state index contributed by atoms with van der Waals surface area (Å²) in [6.45, 7) is 8.27. The normalized spacial score (nSPS) is 20.1. The Hall–Kier alpha value is -11.2. The van der Waals surface area contributed by atoms with Crippen molar-refractivity contribution in [1.82, 2.24) is 41.6 Å². The molecule has 13 rings (SSSR count). The van der Waals surface area contributed by atoms with Crippen LogP contribution in [0.15, 0.2) is 170 Å². The number of carbonyl (C=O) groups excluding carboxylic acids is 6. The maximum atomic E-state index is 14.8. The summed E-state index contributed by atoms with van der Waals surface area (Å²) in [4.78, 5) is 92.2. The number of benzene rings is 6. The predicted octanol–water partition coefficient (Wildman–Crippen LogP) is 9.76. The molecule has 3 saturated carbocycles. The molecule has 8 N–H and O–H groups in total. The fourth-order valence-corrected chi connectivity index (χ4v) is 13.7. The van der Waals surface area contributed by atoms with Gasteiger partial charge in [0.1, 0.15) is 37.2 Å². The number of ether oxygens (including phenoxy) is 5. The van der Waals surface area contributed by atoms with Gasteiger partial charge in [-0.3, -0.25) is 49.4 Å². The van der Waals surface area contributed by atoms with Gasteiger partial charge in [0.05, 0.1) is 65.3 Å². The lowest BCUT2D eigenvalue weighted by atomic mass is 9.91. The molecule has 6 aromatic carbocycles. The van der Waals surface area contributed by atoms with E-state index in [0.717, 1.165) is 81.8 Å². The van der Waals surface area contributed by atoms with E-state index < -0.39 is 75.3 Å². The molecular weight excluding hydrogens is 1340 g/mol. The number of hydrogen-bond donors (Lipinski definition) is 8. The number of halogens is 2. The van der Waals surface area contributed by atoms with E-state index in [1.165, 1.54) is 38.5 Å². The van der Waals surface area contributed by atoms with Crippen LogP contribution in [0.5, 0.6) is 17.2 Å². The van der Waals surface area contributed by atoms with Crippen molar-refractivity contribution < 1.29 is 76.9 Å². The lowest BCUT2D eigenvalue weighted by Crippen LogP contribution is -2.44. The maximum absolute atomic E-state index is 14.8. The van der Waals surface area contributed by atoms with Crippen LogP contribution in [0.4, 0.5) is 20.4 Å². The number of aryl methyl sites for hydroxylation is 1. The highest BCUT2D eigenvalue weighted by atomic mass is 19.1. The van der Waals surface area contributed by atoms with Crippen LogP contribution in [0.1, 0.15) is 76.9 Å². The standard InChI is InChI=1S/C30H29N3O4.C24H29FN4O5.C24H24FN3O5/c1-19-15-22(25-13-6-7-14-27(25)31-19)18-37-24-12-8-11-23(16-24)30(17-26(30)28(34)33-36)29(35)32-20(2)21-9-4-3-5-10-21;1-28-7-9-29(10-8-28)21-12-17(5-6-26-21)15-34-20-4-3-16(11-19(20)25)13-24(23(31)33-2)14-18(24)22(30)27-32;1-26-21-10-15(16-5-3-4-6-19(16)27-21)13-33-20-8-7-14(9-18(20)25)11-24(23(30)32-2)12-17(24)22(29)28-31/h3-16,20,26,36H,17-18H2,1-2H3,(H,32,35)(H,33,34);3-6,11-12,18,32H,7-10,13-15H2,1-2H3,(H,27,30);3-10,17,31H,11-13H2,1-2H3,(H,26,27)(H,28,29)/t20-,26-,30-;18-,24+;17-,24+/m011/s1. The van der Waals surface area contributed by atoms with Gasteiger partial charge in [-0.1, -0.05) is 91.0 Å². The first kappa shape index (κ1) is 74.0. The Balaban J connectivity index is 0.000000157. The van der Waals surface area contributed by atoms with Gasteiger partial charge in [0.2, 0.25) is 23.6 Å². The number of aromatic nitrogens is 3. The highest BCUT2D eigenvalue weighted by Gasteiger charge is 2.66. The summed E-state index contributed by atoms with van der Waals surface area (Å²) >= 11 is 0. The third kappa shape index (κ3) is 16.5. The number of methoxy groups -OCH3 is 2. The largest absolute Gasteiger partial charge is 0.489 e. The molecule has 24 nitrogen and oxygen atoms in total. The molecule has 1 aliphatic heterocycles. The number of fused-ring (bicyclic) bond motifs is 2. The Morgan fingerprint density at radius 1 is 0.577 bits per heavy atom. The minimum absolute atomic E-state index is 0.0678. The Kier molecular flexibility index (Phi) is 23.1. The second-order valence-corrected chi connectivity index (χ2v) is 26.5. The van der Waals surface area contributed by atoms with Crippen molar-refractivity contribution in [2.24, 2.45) is 28.6 Å². The lowest BCUT2D eigenvalue weighted by Gasteiger charge is -2.33. The average molecular weight is 1420 g/mol. The highest BCUT2D eigenvalue weighted by Crippen LogP contribution is 2.58. The number of piperazine rings is 1. The maximum Gasteiger partial charge on any atom is 0.312 e. The van der Waals surface area contributed by atoms with Gasteiger partial charge in [-0.05, 0) is 154 Å². The second kappa shape index (κ2) is 32.4.